The predicted octanol–water partition coefficient (Wildman–Crippen LogP) is 2.12. The van der Waals surface area contributed by atoms with E-state index in [1.54, 1.807) is 0 Å². The van der Waals surface area contributed by atoms with Crippen LogP contribution in [0, 0.1) is 11.3 Å². The van der Waals surface area contributed by atoms with Crippen LogP contribution in [-0.2, 0) is 0 Å². The molecule has 2 aliphatic heterocycles. The van der Waals surface area contributed by atoms with Crippen molar-refractivity contribution in [3.8, 4) is 0 Å². The summed E-state index contributed by atoms with van der Waals surface area (Å²) in [5.74, 6) is 0.963. The van der Waals surface area contributed by atoms with Crippen molar-refractivity contribution in [2.24, 2.45) is 11.3 Å². The van der Waals surface area contributed by atoms with Crippen LogP contribution in [0.1, 0.15) is 39.0 Å². The molecule has 2 saturated heterocycles. The zero-order chi connectivity index (χ0) is 9.60. The standard InChI is InChI=1S/C12H22N2/c1-11-3-7-13(8-4-11)14-9-12(10-14)5-2-6-12/h11H,2-10H2,1H3. The van der Waals surface area contributed by atoms with Crippen LogP contribution in [0.5, 0.6) is 0 Å². The van der Waals surface area contributed by atoms with Crippen molar-refractivity contribution >= 4 is 0 Å². The second-order valence-electron chi connectivity index (χ2n) is 5.81. The summed E-state index contributed by atoms with van der Waals surface area (Å²) in [6.07, 6.45) is 7.32. The predicted molar refractivity (Wildman–Crippen MR) is 57.8 cm³/mol. The van der Waals surface area contributed by atoms with E-state index in [0.717, 1.165) is 11.3 Å². The van der Waals surface area contributed by atoms with E-state index in [-0.39, 0.29) is 0 Å². The van der Waals surface area contributed by atoms with Crippen molar-refractivity contribution in [3.05, 3.63) is 0 Å². The van der Waals surface area contributed by atoms with E-state index in [1.807, 2.05) is 0 Å². The van der Waals surface area contributed by atoms with E-state index >= 15 is 0 Å². The number of hydrogen-bond donors (Lipinski definition) is 0. The van der Waals surface area contributed by atoms with Gasteiger partial charge in [0.25, 0.3) is 0 Å². The Hall–Kier alpha value is -0.0800. The lowest BCUT2D eigenvalue weighted by molar-refractivity contribution is -0.187. The molecule has 0 unspecified atom stereocenters. The first-order valence-electron chi connectivity index (χ1n) is 6.27. The minimum absolute atomic E-state index is 0.795. The van der Waals surface area contributed by atoms with Crippen molar-refractivity contribution in [1.29, 1.82) is 0 Å². The Bertz CT molecular complexity index is 206. The van der Waals surface area contributed by atoms with Gasteiger partial charge in [-0.2, -0.15) is 0 Å². The van der Waals surface area contributed by atoms with Crippen molar-refractivity contribution in [2.45, 2.75) is 39.0 Å². The van der Waals surface area contributed by atoms with Gasteiger partial charge in [0.2, 0.25) is 0 Å². The van der Waals surface area contributed by atoms with Crippen LogP contribution in [0.2, 0.25) is 0 Å². The van der Waals surface area contributed by atoms with E-state index in [0.29, 0.717) is 0 Å². The quantitative estimate of drug-likeness (QED) is 0.631. The number of nitrogens with zero attached hydrogens (tertiary/aromatic N) is 2. The molecule has 80 valence electrons. The average Bonchev–Trinajstić information content (AvgIpc) is 2.03. The third-order valence-corrected chi connectivity index (χ3v) is 4.61. The Kier molecular flexibility index (Phi) is 2.10. The third-order valence-electron chi connectivity index (χ3n) is 4.61. The van der Waals surface area contributed by atoms with Gasteiger partial charge >= 0.3 is 0 Å². The Balaban J connectivity index is 1.49. The SMILES string of the molecule is CC1CCN(N2CC3(CCC3)C2)CC1. The number of hydrogen-bond acceptors (Lipinski definition) is 2. The highest BCUT2D eigenvalue weighted by Crippen LogP contribution is 2.48. The molecule has 0 atom stereocenters. The highest BCUT2D eigenvalue weighted by atomic mass is 15.7. The molecule has 2 heteroatoms. The molecular formula is C12H22N2. The maximum absolute atomic E-state index is 2.62. The summed E-state index contributed by atoms with van der Waals surface area (Å²) in [4.78, 5) is 0. The van der Waals surface area contributed by atoms with Gasteiger partial charge in [-0.25, -0.2) is 10.0 Å². The fourth-order valence-electron chi connectivity index (χ4n) is 3.20. The van der Waals surface area contributed by atoms with Crippen LogP contribution in [0.4, 0.5) is 0 Å². The molecule has 14 heavy (non-hydrogen) atoms. The number of hydrazine groups is 1. The van der Waals surface area contributed by atoms with Gasteiger partial charge in [0, 0.05) is 26.2 Å². The van der Waals surface area contributed by atoms with Crippen LogP contribution in [0.15, 0.2) is 0 Å². The van der Waals surface area contributed by atoms with Gasteiger partial charge in [0.1, 0.15) is 0 Å². The molecule has 0 aromatic rings. The van der Waals surface area contributed by atoms with E-state index in [2.05, 4.69) is 16.9 Å². The Morgan fingerprint density at radius 1 is 1.00 bits per heavy atom. The zero-order valence-corrected chi connectivity index (χ0v) is 9.34. The molecule has 0 N–H and O–H groups in total. The fourth-order valence-corrected chi connectivity index (χ4v) is 3.20. The normalized spacial score (nSPS) is 34.1. The molecule has 0 aromatic carbocycles. The van der Waals surface area contributed by atoms with Crippen molar-refractivity contribution in [3.63, 3.8) is 0 Å². The summed E-state index contributed by atoms with van der Waals surface area (Å²) in [6, 6.07) is 0. The molecule has 0 radical (unpaired) electrons. The molecule has 1 aliphatic carbocycles. The van der Waals surface area contributed by atoms with Gasteiger partial charge < -0.3 is 0 Å². The third kappa shape index (κ3) is 1.40. The lowest BCUT2D eigenvalue weighted by Gasteiger charge is -2.59. The fraction of sp³-hybridized carbons (Fsp3) is 1.00. The topological polar surface area (TPSA) is 6.48 Å². The van der Waals surface area contributed by atoms with Crippen molar-refractivity contribution in [2.75, 3.05) is 26.2 Å². The second-order valence-corrected chi connectivity index (χ2v) is 5.81. The van der Waals surface area contributed by atoms with Gasteiger partial charge in [-0.1, -0.05) is 13.3 Å². The van der Waals surface area contributed by atoms with Gasteiger partial charge in [-0.3, -0.25) is 0 Å². The maximum atomic E-state index is 2.62. The molecule has 3 aliphatic rings. The number of rotatable bonds is 1. The first-order chi connectivity index (χ1) is 6.77. The molecule has 1 saturated carbocycles. The Morgan fingerprint density at radius 2 is 1.64 bits per heavy atom. The van der Waals surface area contributed by atoms with E-state index < -0.39 is 0 Å². The minimum Gasteiger partial charge on any atom is -0.242 e. The number of piperidine rings is 1. The molecule has 3 fully saturated rings. The molecule has 0 aromatic heterocycles. The smallest absolute Gasteiger partial charge is 0.0203 e. The van der Waals surface area contributed by atoms with Gasteiger partial charge in [0.05, 0.1) is 0 Å². The Morgan fingerprint density at radius 3 is 2.14 bits per heavy atom. The molecule has 0 amide bonds. The molecular weight excluding hydrogens is 172 g/mol. The highest BCUT2D eigenvalue weighted by Gasteiger charge is 2.49. The summed E-state index contributed by atoms with van der Waals surface area (Å²) in [5, 5.41) is 5.23. The summed E-state index contributed by atoms with van der Waals surface area (Å²) in [6.45, 7) is 7.78. The first-order valence-corrected chi connectivity index (χ1v) is 6.27. The van der Waals surface area contributed by atoms with Crippen LogP contribution in [0.3, 0.4) is 0 Å². The lowest BCUT2D eigenvalue weighted by atomic mass is 9.64. The minimum atomic E-state index is 0.795. The van der Waals surface area contributed by atoms with Crippen molar-refractivity contribution < 1.29 is 0 Å². The summed E-state index contributed by atoms with van der Waals surface area (Å²) in [5.41, 5.74) is 0.795. The van der Waals surface area contributed by atoms with Crippen LogP contribution < -0.4 is 0 Å². The average molecular weight is 194 g/mol. The monoisotopic (exact) mass is 194 g/mol. The molecule has 1 spiro atoms. The highest BCUT2D eigenvalue weighted by molar-refractivity contribution is 4.99. The van der Waals surface area contributed by atoms with E-state index in [1.165, 1.54) is 58.3 Å². The molecule has 3 rings (SSSR count). The Labute approximate surface area is 87.2 Å². The van der Waals surface area contributed by atoms with Gasteiger partial charge in [0.15, 0.2) is 0 Å². The van der Waals surface area contributed by atoms with Crippen molar-refractivity contribution in [1.82, 2.24) is 10.0 Å². The van der Waals surface area contributed by atoms with Crippen LogP contribution >= 0.6 is 0 Å². The maximum Gasteiger partial charge on any atom is 0.0203 e. The zero-order valence-electron chi connectivity index (χ0n) is 9.34. The molecule has 0 bridgehead atoms. The summed E-state index contributed by atoms with van der Waals surface area (Å²) in [7, 11) is 0. The lowest BCUT2D eigenvalue weighted by Crippen LogP contribution is -2.65. The van der Waals surface area contributed by atoms with Gasteiger partial charge in [-0.05, 0) is 37.0 Å². The van der Waals surface area contributed by atoms with E-state index in [4.69, 9.17) is 0 Å². The summed E-state index contributed by atoms with van der Waals surface area (Å²) >= 11 is 0. The first kappa shape index (κ1) is 9.17. The molecule has 2 heterocycles. The molecule has 2 nitrogen and oxygen atoms in total. The van der Waals surface area contributed by atoms with Gasteiger partial charge in [-0.15, -0.1) is 0 Å². The van der Waals surface area contributed by atoms with Crippen LogP contribution in [-0.4, -0.2) is 36.2 Å². The second kappa shape index (κ2) is 3.21. The summed E-state index contributed by atoms with van der Waals surface area (Å²) < 4.78 is 0. The van der Waals surface area contributed by atoms with Crippen LogP contribution in [0.25, 0.3) is 0 Å². The van der Waals surface area contributed by atoms with E-state index in [9.17, 15) is 0 Å². The largest absolute Gasteiger partial charge is 0.242 e.